The number of hydrogen-bond donors (Lipinski definition) is 1. The summed E-state index contributed by atoms with van der Waals surface area (Å²) < 4.78 is 57.5. The van der Waals surface area contributed by atoms with E-state index in [2.05, 4.69) is 9.97 Å². The average molecular weight is 230 g/mol. The van der Waals surface area contributed by atoms with Gasteiger partial charge in [0.05, 0.1) is 0 Å². The third-order valence-corrected chi connectivity index (χ3v) is 1.36. The minimum Gasteiger partial charge on any atom is -0.279 e. The first-order chi connectivity index (χ1) is 6.25. The number of hydrogen-bond acceptors (Lipinski definition) is 4. The second-order valence-electron chi connectivity index (χ2n) is 1.82. The molecule has 9 heteroatoms. The lowest BCUT2D eigenvalue weighted by molar-refractivity contribution is -0.0510. The van der Waals surface area contributed by atoms with Gasteiger partial charge >= 0.3 is 15.6 Å². The molecule has 0 bridgehead atoms. The summed E-state index contributed by atoms with van der Waals surface area (Å²) in [7, 11) is -5.84. The van der Waals surface area contributed by atoms with E-state index in [0.29, 0.717) is 0 Å². The van der Waals surface area contributed by atoms with Gasteiger partial charge in [0, 0.05) is 24.8 Å². The number of alkyl halides is 3. The summed E-state index contributed by atoms with van der Waals surface area (Å²) in [5.41, 5.74) is -5.53. The Morgan fingerprint density at radius 3 is 1.29 bits per heavy atom. The van der Waals surface area contributed by atoms with Gasteiger partial charge in [-0.3, -0.25) is 14.5 Å². The lowest BCUT2D eigenvalue weighted by atomic mass is 10.8. The monoisotopic (exact) mass is 230 g/mol. The number of aromatic nitrogens is 2. The Balaban J connectivity index is 0.000000249. The molecule has 1 aromatic heterocycles. The molecule has 0 unspecified atom stereocenters. The second-order valence-corrected chi connectivity index (χ2v) is 3.23. The molecule has 0 aromatic carbocycles. The normalized spacial score (nSPS) is 11.4. The molecule has 1 heterocycles. The number of nitrogens with zero attached hydrogens (tertiary/aromatic N) is 2. The van der Waals surface area contributed by atoms with E-state index in [1.807, 2.05) is 0 Å². The Morgan fingerprint density at radius 1 is 1.00 bits per heavy atom. The van der Waals surface area contributed by atoms with Gasteiger partial charge in [0.2, 0.25) is 0 Å². The smallest absolute Gasteiger partial charge is 0.279 e. The molecule has 0 spiro atoms. The van der Waals surface area contributed by atoms with Gasteiger partial charge in [0.1, 0.15) is 0 Å². The lowest BCUT2D eigenvalue weighted by Crippen LogP contribution is -2.21. The van der Waals surface area contributed by atoms with E-state index in [0.717, 1.165) is 0 Å². The van der Waals surface area contributed by atoms with E-state index in [1.54, 1.807) is 24.8 Å². The SMILES string of the molecule is O=S(=O)(O)C(F)(F)F.c1cnccn1. The molecule has 0 saturated heterocycles. The van der Waals surface area contributed by atoms with Crippen molar-refractivity contribution >= 4 is 10.1 Å². The van der Waals surface area contributed by atoms with Crippen molar-refractivity contribution < 1.29 is 26.1 Å². The molecule has 0 amide bonds. The summed E-state index contributed by atoms with van der Waals surface area (Å²) in [6.07, 6.45) is 6.56. The standard InChI is InChI=1S/C4H4N2.CHF3O3S/c1-2-6-4-3-5-1;2-1(3,4)8(5,6)7/h1-4H;(H,5,6,7). The van der Waals surface area contributed by atoms with Crippen LogP contribution in [0.4, 0.5) is 13.2 Å². The third-order valence-electron chi connectivity index (χ3n) is 0.770. The maximum Gasteiger partial charge on any atom is 0.522 e. The molecule has 1 rings (SSSR count). The molecule has 0 aliphatic carbocycles. The molecule has 80 valence electrons. The van der Waals surface area contributed by atoms with Crippen molar-refractivity contribution in [2.75, 3.05) is 0 Å². The summed E-state index contributed by atoms with van der Waals surface area (Å²) >= 11 is 0. The lowest BCUT2D eigenvalue weighted by Gasteiger charge is -1.97. The Labute approximate surface area is 77.4 Å². The maximum absolute atomic E-state index is 10.7. The fourth-order valence-electron chi connectivity index (χ4n) is 0.253. The van der Waals surface area contributed by atoms with Crippen LogP contribution in [0.2, 0.25) is 0 Å². The first kappa shape index (κ1) is 12.8. The molecular formula is C5H5F3N2O3S. The summed E-state index contributed by atoms with van der Waals surface area (Å²) in [6.45, 7) is 0. The Bertz CT molecular complexity index is 324. The highest BCUT2D eigenvalue weighted by Gasteiger charge is 2.44. The van der Waals surface area contributed by atoms with Gasteiger partial charge < -0.3 is 0 Å². The Hall–Kier alpha value is -1.22. The van der Waals surface area contributed by atoms with Gasteiger partial charge in [-0.1, -0.05) is 0 Å². The van der Waals surface area contributed by atoms with Crippen molar-refractivity contribution in [1.29, 1.82) is 0 Å². The molecule has 0 saturated carbocycles. The van der Waals surface area contributed by atoms with E-state index in [-0.39, 0.29) is 0 Å². The highest BCUT2D eigenvalue weighted by molar-refractivity contribution is 7.86. The zero-order valence-corrected chi connectivity index (χ0v) is 7.33. The maximum atomic E-state index is 10.7. The highest BCUT2D eigenvalue weighted by atomic mass is 32.2. The van der Waals surface area contributed by atoms with Gasteiger partial charge in [0.25, 0.3) is 0 Å². The molecule has 0 aliphatic rings. The predicted octanol–water partition coefficient (Wildman–Crippen LogP) is 0.871. The van der Waals surface area contributed by atoms with Crippen LogP contribution in [0.3, 0.4) is 0 Å². The fraction of sp³-hybridized carbons (Fsp3) is 0.200. The quantitative estimate of drug-likeness (QED) is 0.528. The van der Waals surface area contributed by atoms with Crippen molar-refractivity contribution in [2.24, 2.45) is 0 Å². The summed E-state index contributed by atoms with van der Waals surface area (Å²) in [5.74, 6) is 0. The van der Waals surface area contributed by atoms with Crippen LogP contribution in [0.1, 0.15) is 0 Å². The number of halogens is 3. The van der Waals surface area contributed by atoms with Crippen LogP contribution in [0.5, 0.6) is 0 Å². The molecule has 0 radical (unpaired) electrons. The van der Waals surface area contributed by atoms with Gasteiger partial charge in [-0.25, -0.2) is 0 Å². The van der Waals surface area contributed by atoms with Crippen LogP contribution < -0.4 is 0 Å². The topological polar surface area (TPSA) is 80.2 Å². The van der Waals surface area contributed by atoms with Crippen LogP contribution in [0.15, 0.2) is 24.8 Å². The molecule has 0 atom stereocenters. The molecule has 14 heavy (non-hydrogen) atoms. The van der Waals surface area contributed by atoms with Crippen molar-refractivity contribution in [3.63, 3.8) is 0 Å². The Kier molecular flexibility index (Phi) is 4.44. The Morgan fingerprint density at radius 2 is 1.21 bits per heavy atom. The first-order valence-corrected chi connectivity index (χ1v) is 4.43. The van der Waals surface area contributed by atoms with E-state index in [1.165, 1.54) is 0 Å². The summed E-state index contributed by atoms with van der Waals surface area (Å²) in [5, 5.41) is 0. The van der Waals surface area contributed by atoms with Crippen molar-refractivity contribution in [3.05, 3.63) is 24.8 Å². The first-order valence-electron chi connectivity index (χ1n) is 2.99. The van der Waals surface area contributed by atoms with Gasteiger partial charge in [0.15, 0.2) is 0 Å². The molecule has 1 aromatic rings. The van der Waals surface area contributed by atoms with Gasteiger partial charge in [-0.05, 0) is 0 Å². The van der Waals surface area contributed by atoms with Crippen molar-refractivity contribution in [2.45, 2.75) is 5.51 Å². The molecular weight excluding hydrogens is 225 g/mol. The molecule has 5 nitrogen and oxygen atoms in total. The summed E-state index contributed by atoms with van der Waals surface area (Å²) in [4.78, 5) is 7.44. The zero-order valence-electron chi connectivity index (χ0n) is 6.51. The minimum absolute atomic E-state index is 1.64. The third kappa shape index (κ3) is 5.43. The molecule has 0 aliphatic heterocycles. The minimum atomic E-state index is -5.84. The van der Waals surface area contributed by atoms with Gasteiger partial charge in [-0.15, -0.1) is 0 Å². The summed E-state index contributed by atoms with van der Waals surface area (Å²) in [6, 6.07) is 0. The van der Waals surface area contributed by atoms with Crippen molar-refractivity contribution in [1.82, 2.24) is 9.97 Å². The molecule has 0 fully saturated rings. The highest BCUT2D eigenvalue weighted by Crippen LogP contribution is 2.20. The number of rotatable bonds is 0. The van der Waals surface area contributed by atoms with E-state index in [9.17, 15) is 13.2 Å². The fourth-order valence-corrected chi connectivity index (χ4v) is 0.253. The van der Waals surface area contributed by atoms with E-state index in [4.69, 9.17) is 13.0 Å². The van der Waals surface area contributed by atoms with Crippen LogP contribution in [-0.4, -0.2) is 28.4 Å². The van der Waals surface area contributed by atoms with E-state index >= 15 is 0 Å². The van der Waals surface area contributed by atoms with Crippen LogP contribution >= 0.6 is 0 Å². The van der Waals surface area contributed by atoms with Crippen LogP contribution in [0.25, 0.3) is 0 Å². The zero-order chi connectivity index (χ0) is 11.2. The van der Waals surface area contributed by atoms with Crippen LogP contribution in [0, 0.1) is 0 Å². The predicted molar refractivity (Wildman–Crippen MR) is 39.6 cm³/mol. The second kappa shape index (κ2) is 4.86. The van der Waals surface area contributed by atoms with Crippen LogP contribution in [-0.2, 0) is 10.1 Å². The molecule has 1 N–H and O–H groups in total. The van der Waals surface area contributed by atoms with Gasteiger partial charge in [-0.2, -0.15) is 21.6 Å². The van der Waals surface area contributed by atoms with E-state index < -0.39 is 15.6 Å². The van der Waals surface area contributed by atoms with Crippen molar-refractivity contribution in [3.8, 4) is 0 Å². The largest absolute Gasteiger partial charge is 0.522 e. The average Bonchev–Trinajstić information content (AvgIpc) is 2.05.